The van der Waals surface area contributed by atoms with E-state index >= 15 is 0 Å². The van der Waals surface area contributed by atoms with Gasteiger partial charge in [0.15, 0.2) is 0 Å². The highest BCUT2D eigenvalue weighted by atomic mass is 16.6. The highest BCUT2D eigenvalue weighted by Crippen LogP contribution is 2.84. The first-order chi connectivity index (χ1) is 40.8. The second kappa shape index (κ2) is 17.4. The Morgan fingerprint density at radius 3 is 1.54 bits per heavy atom. The molecule has 17 unspecified atom stereocenters. The first kappa shape index (κ1) is 52.2. The SMILES string of the molecule is CC[C@]12CCC3C(C4CC4C4=C/C(=N/O)CC[C@@H]43)C1C1CC1[C@@]21C=CC(=O)O1.CC[C@]12CCC3C(C=CC4=C/C(=N/O)CC[C@@H]43)C1C1CC1[C@@]21C=CC(=O)O1.CC[C@]12CCC3C(CC4(CC4)C4=C/C(=N/O)CC[C@@H]43)C1C1CC1[C@@]21C=CC(=O)O1. The first-order valence-corrected chi connectivity index (χ1v) is 34.1. The zero-order chi connectivity index (χ0) is 56.8. The molecular formula is C72H87N3O9. The number of hydrogen-bond acceptors (Lipinski definition) is 12. The maximum atomic E-state index is 12.2. The summed E-state index contributed by atoms with van der Waals surface area (Å²) in [5.41, 5.74) is 7.12. The molecule has 17 aliphatic carbocycles. The number of oxime groups is 3. The van der Waals surface area contributed by atoms with Gasteiger partial charge in [-0.15, -0.1) is 0 Å². The van der Waals surface area contributed by atoms with Gasteiger partial charge in [-0.2, -0.15) is 0 Å². The number of allylic oxidation sites excluding steroid dienone is 8. The Labute approximate surface area is 494 Å². The van der Waals surface area contributed by atoms with Crippen LogP contribution >= 0.6 is 0 Å². The highest BCUT2D eigenvalue weighted by Gasteiger charge is 2.83. The van der Waals surface area contributed by atoms with Crippen molar-refractivity contribution < 1.29 is 44.2 Å². The molecule has 0 radical (unpaired) electrons. The monoisotopic (exact) mass is 1140 g/mol. The summed E-state index contributed by atoms with van der Waals surface area (Å²) in [6, 6.07) is 0. The lowest BCUT2D eigenvalue weighted by atomic mass is 9.46. The third-order valence-corrected chi connectivity index (χ3v) is 30.2. The lowest BCUT2D eigenvalue weighted by Crippen LogP contribution is -2.57. The number of fused-ring (bicyclic) bond motifs is 31. The molecule has 0 aromatic heterocycles. The van der Waals surface area contributed by atoms with Crippen LogP contribution in [-0.2, 0) is 28.6 Å². The molecule has 0 amide bonds. The minimum Gasteiger partial charge on any atom is -0.451 e. The van der Waals surface area contributed by atoms with Crippen molar-refractivity contribution in [3.8, 4) is 0 Å². The zero-order valence-corrected chi connectivity index (χ0v) is 49.6. The van der Waals surface area contributed by atoms with E-state index < -0.39 is 0 Å². The largest absolute Gasteiger partial charge is 0.451 e. The average Bonchev–Trinajstić information content (AvgIpc) is 1.50. The summed E-state index contributed by atoms with van der Waals surface area (Å²) in [5, 5.41) is 38.3. The quantitative estimate of drug-likeness (QED) is 0.107. The van der Waals surface area contributed by atoms with Crippen LogP contribution < -0.4 is 0 Å². The van der Waals surface area contributed by atoms with Gasteiger partial charge in [-0.05, 0) is 289 Å². The molecule has 12 heteroatoms. The Kier molecular flexibility index (Phi) is 10.8. The lowest BCUT2D eigenvalue weighted by Gasteiger charge is -2.59. The first-order valence-electron chi connectivity index (χ1n) is 34.1. The van der Waals surface area contributed by atoms with Gasteiger partial charge in [0.05, 0.1) is 17.1 Å². The molecule has 4 spiro atoms. The number of carbonyl (C=O) groups excluding carboxylic acids is 3. The predicted molar refractivity (Wildman–Crippen MR) is 313 cm³/mol. The number of ether oxygens (including phenoxy) is 3. The van der Waals surface area contributed by atoms with Gasteiger partial charge in [0, 0.05) is 52.2 Å². The van der Waals surface area contributed by atoms with E-state index in [-0.39, 0.29) is 51.0 Å². The Hall–Kier alpha value is -5.00. The van der Waals surface area contributed by atoms with Crippen LogP contribution in [-0.4, -0.2) is 67.5 Å². The van der Waals surface area contributed by atoms with Crippen molar-refractivity contribution in [3.05, 3.63) is 83.6 Å². The summed E-state index contributed by atoms with van der Waals surface area (Å²) >= 11 is 0. The van der Waals surface area contributed by atoms with Crippen LogP contribution in [0.2, 0.25) is 0 Å². The molecule has 20 rings (SSSR count). The van der Waals surface area contributed by atoms with Gasteiger partial charge in [-0.3, -0.25) is 0 Å². The van der Waals surface area contributed by atoms with Gasteiger partial charge < -0.3 is 29.8 Å². The Morgan fingerprint density at radius 2 is 0.976 bits per heavy atom. The number of hydrogen-bond donors (Lipinski definition) is 3. The van der Waals surface area contributed by atoms with E-state index in [9.17, 15) is 24.8 Å². The van der Waals surface area contributed by atoms with Gasteiger partial charge in [0.1, 0.15) is 16.8 Å². The topological polar surface area (TPSA) is 177 Å². The Balaban J connectivity index is 0.0000000959. The molecule has 444 valence electrons. The predicted octanol–water partition coefficient (Wildman–Crippen LogP) is 13.5. The second-order valence-corrected chi connectivity index (χ2v) is 31.6. The highest BCUT2D eigenvalue weighted by molar-refractivity contribution is 5.97. The number of carbonyl (C=O) groups is 3. The zero-order valence-electron chi connectivity index (χ0n) is 49.6. The fraction of sp³-hybridized carbons (Fsp3) is 0.722. The van der Waals surface area contributed by atoms with Crippen molar-refractivity contribution in [2.24, 2.45) is 155 Å². The molecule has 3 N–H and O–H groups in total. The molecular weight excluding hydrogens is 1050 g/mol. The molecule has 13 saturated carbocycles. The molecule has 12 nitrogen and oxygen atoms in total. The van der Waals surface area contributed by atoms with Gasteiger partial charge >= 0.3 is 17.9 Å². The van der Waals surface area contributed by atoms with E-state index in [1.54, 1.807) is 29.4 Å². The van der Waals surface area contributed by atoms with E-state index in [0.717, 1.165) is 134 Å². The Morgan fingerprint density at radius 1 is 0.476 bits per heavy atom. The van der Waals surface area contributed by atoms with Gasteiger partial charge in [-0.25, -0.2) is 14.4 Å². The summed E-state index contributed by atoms with van der Waals surface area (Å²) in [6.45, 7) is 7.01. The van der Waals surface area contributed by atoms with Gasteiger partial charge in [0.25, 0.3) is 0 Å². The van der Waals surface area contributed by atoms with Crippen LogP contribution in [0.1, 0.15) is 162 Å². The molecule has 20 aliphatic rings. The molecule has 3 heterocycles. The summed E-state index contributed by atoms with van der Waals surface area (Å²) in [4.78, 5) is 36.4. The number of rotatable bonds is 3. The molecule has 0 aromatic carbocycles. The van der Waals surface area contributed by atoms with E-state index in [0.29, 0.717) is 64.6 Å². The maximum absolute atomic E-state index is 12.2. The van der Waals surface area contributed by atoms with E-state index in [2.05, 4.69) is 84.8 Å². The molecule has 13 fully saturated rings. The van der Waals surface area contributed by atoms with Gasteiger partial charge in [0.2, 0.25) is 0 Å². The van der Waals surface area contributed by atoms with Crippen LogP contribution in [0.25, 0.3) is 0 Å². The summed E-state index contributed by atoms with van der Waals surface area (Å²) in [6.07, 6.45) is 48.9. The number of nitrogens with zero attached hydrogens (tertiary/aromatic N) is 3. The molecule has 0 aromatic rings. The third-order valence-electron chi connectivity index (χ3n) is 30.2. The summed E-state index contributed by atoms with van der Waals surface area (Å²) < 4.78 is 18.5. The van der Waals surface area contributed by atoms with E-state index in [1.165, 1.54) is 89.0 Å². The van der Waals surface area contributed by atoms with Crippen molar-refractivity contribution in [2.75, 3.05) is 0 Å². The smallest absolute Gasteiger partial charge is 0.331 e. The molecule has 26 atom stereocenters. The van der Waals surface area contributed by atoms with Gasteiger partial charge in [-0.1, -0.05) is 59.5 Å². The van der Waals surface area contributed by atoms with Crippen molar-refractivity contribution in [1.29, 1.82) is 0 Å². The molecule has 0 bridgehead atoms. The van der Waals surface area contributed by atoms with E-state index in [1.807, 2.05) is 0 Å². The molecule has 0 saturated heterocycles. The van der Waals surface area contributed by atoms with Crippen molar-refractivity contribution in [2.45, 2.75) is 179 Å². The van der Waals surface area contributed by atoms with Crippen LogP contribution in [0.3, 0.4) is 0 Å². The van der Waals surface area contributed by atoms with Crippen molar-refractivity contribution in [1.82, 2.24) is 0 Å². The standard InChI is InChI=1S/C25H31NO3.C24H29NO3.C23H27NO3/c1-2-24-7-5-15-16-4-3-14(26-28)11-19(16)23(9-10-23)13-18(15)22(24)17-12-20(17)25(24)8-6-21(27)29-25;1-2-23-7-5-14-13-4-3-12(25-27)9-15(13)16-10-17(16)21(14)22(23)18-11-19(18)24(23)8-6-20(26)28-24;1-2-22-9-7-16-15-6-4-14(24-26)11-13(15)3-5-17(16)21(22)18-12-19(18)23(22)10-8-20(25)27-23/h6,8,11,15-18,20,22,28H,2-5,7,9-10,12-13H2,1H3;6,8-9,13-14,16-19,21-22,27H,2-5,7,10-11H2,1H3;3,5,8,10-11,15-19,21,26H,2,4,6-7,9,12H2,1H3/b26-14+;25-12+;24-14+/t15?,16-,17?,18?,20?,22?,24+,25+;13-,14?,16?,17?,18?,19?,21?,22?,23+,24+;15-,16?,17?,18?,19?,21?,22-,23-/m110/s1. The van der Waals surface area contributed by atoms with Crippen molar-refractivity contribution >= 4 is 35.0 Å². The van der Waals surface area contributed by atoms with Crippen LogP contribution in [0.15, 0.2) is 99.0 Å². The minimum absolute atomic E-state index is 0.109. The van der Waals surface area contributed by atoms with Crippen molar-refractivity contribution in [3.63, 3.8) is 0 Å². The fourth-order valence-corrected chi connectivity index (χ4v) is 27.2. The third kappa shape index (κ3) is 6.38. The summed E-state index contributed by atoms with van der Waals surface area (Å²) in [5.74, 6) is 13.6. The minimum atomic E-state index is -0.327. The molecule has 84 heavy (non-hydrogen) atoms. The number of esters is 3. The van der Waals surface area contributed by atoms with Crippen LogP contribution in [0.4, 0.5) is 0 Å². The lowest BCUT2D eigenvalue weighted by molar-refractivity contribution is -0.173. The maximum Gasteiger partial charge on any atom is 0.331 e. The van der Waals surface area contributed by atoms with Crippen LogP contribution in [0, 0.1) is 140 Å². The fourth-order valence-electron chi connectivity index (χ4n) is 27.2. The molecule has 3 aliphatic heterocycles. The average molecular weight is 1140 g/mol. The van der Waals surface area contributed by atoms with Crippen LogP contribution in [0.5, 0.6) is 0 Å². The Bertz CT molecular complexity index is 3280. The van der Waals surface area contributed by atoms with E-state index in [4.69, 9.17) is 19.4 Å². The summed E-state index contributed by atoms with van der Waals surface area (Å²) in [7, 11) is 0. The normalized spacial score (nSPS) is 55.1. The second-order valence-electron chi connectivity index (χ2n) is 31.6.